The Kier molecular flexibility index (Phi) is 3.12. The Balaban J connectivity index is 1.96. The zero-order valence-corrected chi connectivity index (χ0v) is 10.4. The molecular weight excluding hydrogens is 236 g/mol. The average Bonchev–Trinajstić information content (AvgIpc) is 2.97. The van der Waals surface area contributed by atoms with Crippen molar-refractivity contribution in [3.63, 3.8) is 0 Å². The number of nitrogens with two attached hydrogens (primary N) is 1. The standard InChI is InChI=1S/C16H14N2O/c17-10-15-11-18-19-16(15)14-8-6-13(7-9-14)12-4-2-1-3-5-12/h1-9,11H,10,17H2. The SMILES string of the molecule is NCc1cnoc1-c1ccc(-c2ccccc2)cc1. The van der Waals surface area contributed by atoms with Gasteiger partial charge in [0.1, 0.15) is 0 Å². The van der Waals surface area contributed by atoms with Gasteiger partial charge in [0.05, 0.1) is 6.20 Å². The number of rotatable bonds is 3. The molecule has 1 heterocycles. The summed E-state index contributed by atoms with van der Waals surface area (Å²) in [6.07, 6.45) is 1.67. The van der Waals surface area contributed by atoms with Gasteiger partial charge in [0.15, 0.2) is 5.76 Å². The molecule has 2 aromatic carbocycles. The molecule has 0 bridgehead atoms. The van der Waals surface area contributed by atoms with Crippen molar-refractivity contribution < 1.29 is 4.52 Å². The van der Waals surface area contributed by atoms with E-state index in [9.17, 15) is 0 Å². The van der Waals surface area contributed by atoms with E-state index >= 15 is 0 Å². The molecule has 2 N–H and O–H groups in total. The number of benzene rings is 2. The zero-order chi connectivity index (χ0) is 13.1. The summed E-state index contributed by atoms with van der Waals surface area (Å²) in [5.74, 6) is 0.752. The van der Waals surface area contributed by atoms with E-state index in [0.717, 1.165) is 16.9 Å². The zero-order valence-electron chi connectivity index (χ0n) is 10.4. The second kappa shape index (κ2) is 5.08. The quantitative estimate of drug-likeness (QED) is 0.774. The second-order valence-corrected chi connectivity index (χ2v) is 4.33. The van der Waals surface area contributed by atoms with Crippen molar-refractivity contribution in [2.75, 3.05) is 0 Å². The summed E-state index contributed by atoms with van der Waals surface area (Å²) in [7, 11) is 0. The molecule has 0 fully saturated rings. The van der Waals surface area contributed by atoms with Gasteiger partial charge in [-0.2, -0.15) is 0 Å². The van der Waals surface area contributed by atoms with E-state index in [0.29, 0.717) is 6.54 Å². The fourth-order valence-corrected chi connectivity index (χ4v) is 2.09. The van der Waals surface area contributed by atoms with Gasteiger partial charge < -0.3 is 10.3 Å². The summed E-state index contributed by atoms with van der Waals surface area (Å²) in [5.41, 5.74) is 9.95. The van der Waals surface area contributed by atoms with Crippen LogP contribution in [0.5, 0.6) is 0 Å². The highest BCUT2D eigenvalue weighted by Crippen LogP contribution is 2.26. The third-order valence-electron chi connectivity index (χ3n) is 3.12. The van der Waals surface area contributed by atoms with Crippen molar-refractivity contribution in [3.8, 4) is 22.5 Å². The van der Waals surface area contributed by atoms with Crippen LogP contribution in [0, 0.1) is 0 Å². The fraction of sp³-hybridized carbons (Fsp3) is 0.0625. The molecule has 1 aromatic heterocycles. The van der Waals surface area contributed by atoms with Crippen LogP contribution in [-0.2, 0) is 6.54 Å². The summed E-state index contributed by atoms with van der Waals surface area (Å²) < 4.78 is 5.26. The first-order chi connectivity index (χ1) is 9.38. The van der Waals surface area contributed by atoms with Crippen molar-refractivity contribution in [3.05, 3.63) is 66.4 Å². The van der Waals surface area contributed by atoms with Crippen molar-refractivity contribution in [2.45, 2.75) is 6.54 Å². The normalized spacial score (nSPS) is 10.6. The van der Waals surface area contributed by atoms with Crippen LogP contribution < -0.4 is 5.73 Å². The highest BCUT2D eigenvalue weighted by molar-refractivity contribution is 5.69. The molecule has 0 unspecified atom stereocenters. The van der Waals surface area contributed by atoms with Gasteiger partial charge in [-0.25, -0.2) is 0 Å². The Morgan fingerprint density at radius 3 is 2.16 bits per heavy atom. The summed E-state index contributed by atoms with van der Waals surface area (Å²) in [4.78, 5) is 0. The van der Waals surface area contributed by atoms with Gasteiger partial charge in [0, 0.05) is 17.7 Å². The van der Waals surface area contributed by atoms with E-state index in [1.807, 2.05) is 30.3 Å². The van der Waals surface area contributed by atoms with E-state index < -0.39 is 0 Å². The van der Waals surface area contributed by atoms with Crippen LogP contribution in [0.2, 0.25) is 0 Å². The highest BCUT2D eigenvalue weighted by atomic mass is 16.5. The summed E-state index contributed by atoms with van der Waals surface area (Å²) in [5, 5.41) is 3.79. The molecule has 3 aromatic rings. The number of nitrogens with zero attached hydrogens (tertiary/aromatic N) is 1. The van der Waals surface area contributed by atoms with E-state index in [1.165, 1.54) is 11.1 Å². The molecule has 3 rings (SSSR count). The Morgan fingerprint density at radius 2 is 1.47 bits per heavy atom. The van der Waals surface area contributed by atoms with Gasteiger partial charge in [-0.05, 0) is 11.1 Å². The Morgan fingerprint density at radius 1 is 0.842 bits per heavy atom. The highest BCUT2D eigenvalue weighted by Gasteiger charge is 2.09. The Bertz CT molecular complexity index is 657. The van der Waals surface area contributed by atoms with E-state index in [-0.39, 0.29) is 0 Å². The Hall–Kier alpha value is -2.39. The molecule has 19 heavy (non-hydrogen) atoms. The molecule has 3 heteroatoms. The lowest BCUT2D eigenvalue weighted by Crippen LogP contribution is -1.95. The first kappa shape index (κ1) is 11.7. The predicted octanol–water partition coefficient (Wildman–Crippen LogP) is 3.47. The van der Waals surface area contributed by atoms with Crippen LogP contribution in [-0.4, -0.2) is 5.16 Å². The molecule has 0 aliphatic carbocycles. The third kappa shape index (κ3) is 2.28. The molecule has 0 aliphatic heterocycles. The maximum Gasteiger partial charge on any atom is 0.171 e. The van der Waals surface area contributed by atoms with Gasteiger partial charge in [-0.1, -0.05) is 59.8 Å². The molecule has 0 radical (unpaired) electrons. The number of aromatic nitrogens is 1. The lowest BCUT2D eigenvalue weighted by atomic mass is 10.0. The molecule has 0 saturated carbocycles. The number of hydrogen-bond donors (Lipinski definition) is 1. The van der Waals surface area contributed by atoms with Crippen molar-refractivity contribution >= 4 is 0 Å². The molecule has 0 atom stereocenters. The molecular formula is C16H14N2O. The van der Waals surface area contributed by atoms with Gasteiger partial charge >= 0.3 is 0 Å². The van der Waals surface area contributed by atoms with Crippen LogP contribution in [0.4, 0.5) is 0 Å². The minimum Gasteiger partial charge on any atom is -0.356 e. The molecule has 0 saturated heterocycles. The van der Waals surface area contributed by atoms with E-state index in [1.54, 1.807) is 6.20 Å². The van der Waals surface area contributed by atoms with Crippen LogP contribution in [0.25, 0.3) is 22.5 Å². The van der Waals surface area contributed by atoms with Crippen LogP contribution >= 0.6 is 0 Å². The summed E-state index contributed by atoms with van der Waals surface area (Å²) in [6, 6.07) is 18.5. The minimum absolute atomic E-state index is 0.430. The Labute approximate surface area is 111 Å². The minimum atomic E-state index is 0.430. The third-order valence-corrected chi connectivity index (χ3v) is 3.12. The summed E-state index contributed by atoms with van der Waals surface area (Å²) in [6.45, 7) is 0.430. The van der Waals surface area contributed by atoms with Gasteiger partial charge in [0.25, 0.3) is 0 Å². The lowest BCUT2D eigenvalue weighted by Gasteiger charge is -2.03. The van der Waals surface area contributed by atoms with Crippen molar-refractivity contribution in [1.82, 2.24) is 5.16 Å². The lowest BCUT2D eigenvalue weighted by molar-refractivity contribution is 0.431. The molecule has 0 amide bonds. The van der Waals surface area contributed by atoms with Gasteiger partial charge in [0.2, 0.25) is 0 Å². The van der Waals surface area contributed by atoms with E-state index in [2.05, 4.69) is 29.4 Å². The topological polar surface area (TPSA) is 52.0 Å². The van der Waals surface area contributed by atoms with Crippen LogP contribution in [0.15, 0.2) is 65.3 Å². The second-order valence-electron chi connectivity index (χ2n) is 4.33. The first-order valence-electron chi connectivity index (χ1n) is 6.18. The van der Waals surface area contributed by atoms with Crippen LogP contribution in [0.1, 0.15) is 5.56 Å². The smallest absolute Gasteiger partial charge is 0.171 e. The molecule has 0 aliphatic rings. The maximum absolute atomic E-state index is 5.65. The van der Waals surface area contributed by atoms with Crippen LogP contribution in [0.3, 0.4) is 0 Å². The first-order valence-corrected chi connectivity index (χ1v) is 6.18. The van der Waals surface area contributed by atoms with Gasteiger partial charge in [-0.3, -0.25) is 0 Å². The molecule has 94 valence electrons. The average molecular weight is 250 g/mol. The van der Waals surface area contributed by atoms with E-state index in [4.69, 9.17) is 10.3 Å². The largest absolute Gasteiger partial charge is 0.356 e. The maximum atomic E-state index is 5.65. The molecule has 3 nitrogen and oxygen atoms in total. The van der Waals surface area contributed by atoms with Crippen molar-refractivity contribution in [2.24, 2.45) is 5.73 Å². The monoisotopic (exact) mass is 250 g/mol. The molecule has 0 spiro atoms. The fourth-order valence-electron chi connectivity index (χ4n) is 2.09. The van der Waals surface area contributed by atoms with Crippen molar-refractivity contribution in [1.29, 1.82) is 0 Å². The van der Waals surface area contributed by atoms with Gasteiger partial charge in [-0.15, -0.1) is 0 Å². The summed E-state index contributed by atoms with van der Waals surface area (Å²) >= 11 is 0. The number of hydrogen-bond acceptors (Lipinski definition) is 3. The predicted molar refractivity (Wildman–Crippen MR) is 75.3 cm³/mol.